The van der Waals surface area contributed by atoms with Crippen molar-refractivity contribution in [1.82, 2.24) is 0 Å². The molecular weight excluding hydrogens is 284 g/mol. The predicted octanol–water partition coefficient (Wildman–Crippen LogP) is 3.64. The van der Waals surface area contributed by atoms with Crippen molar-refractivity contribution in [1.29, 1.82) is 0 Å². The molecule has 2 unspecified atom stereocenters. The van der Waals surface area contributed by atoms with Crippen LogP contribution in [0.4, 0.5) is 0 Å². The highest BCUT2D eigenvalue weighted by Crippen LogP contribution is 2.55. The summed E-state index contributed by atoms with van der Waals surface area (Å²) in [6, 6.07) is 7.20. The van der Waals surface area contributed by atoms with Gasteiger partial charge >= 0.3 is 0 Å². The quantitative estimate of drug-likeness (QED) is 0.629. The lowest BCUT2D eigenvalue weighted by atomic mass is 9.76. The Labute approximate surface area is 128 Å². The molecular formula is C17H18O3S. The molecule has 1 aromatic carbocycles. The van der Waals surface area contributed by atoms with E-state index in [0.29, 0.717) is 12.0 Å². The van der Waals surface area contributed by atoms with E-state index in [1.807, 2.05) is 0 Å². The summed E-state index contributed by atoms with van der Waals surface area (Å²) in [7, 11) is 1.61. The van der Waals surface area contributed by atoms with Crippen LogP contribution in [-0.4, -0.2) is 24.4 Å². The third-order valence-corrected chi connectivity index (χ3v) is 5.85. The summed E-state index contributed by atoms with van der Waals surface area (Å²) in [4.78, 5) is 25.3. The van der Waals surface area contributed by atoms with Crippen molar-refractivity contribution < 1.29 is 14.3 Å². The average Bonchev–Trinajstić information content (AvgIpc) is 2.94. The Bertz CT molecular complexity index is 591. The van der Waals surface area contributed by atoms with Crippen LogP contribution in [0, 0.1) is 5.41 Å². The van der Waals surface area contributed by atoms with Crippen molar-refractivity contribution in [3.63, 3.8) is 0 Å². The number of methoxy groups -OCH3 is 1. The van der Waals surface area contributed by atoms with Crippen LogP contribution in [0.2, 0.25) is 0 Å². The van der Waals surface area contributed by atoms with Crippen molar-refractivity contribution in [2.75, 3.05) is 7.11 Å². The number of aldehydes is 1. The van der Waals surface area contributed by atoms with Crippen LogP contribution < -0.4 is 4.74 Å². The third-order valence-electron chi connectivity index (χ3n) is 4.36. The molecule has 1 aliphatic heterocycles. The van der Waals surface area contributed by atoms with E-state index in [9.17, 15) is 9.59 Å². The van der Waals surface area contributed by atoms with Crippen LogP contribution in [-0.2, 0) is 4.79 Å². The summed E-state index contributed by atoms with van der Waals surface area (Å²) in [5, 5.41) is -0.145. The highest BCUT2D eigenvalue weighted by molar-refractivity contribution is 8.04. The Morgan fingerprint density at radius 3 is 2.76 bits per heavy atom. The van der Waals surface area contributed by atoms with Crippen LogP contribution >= 0.6 is 11.8 Å². The molecule has 2 aliphatic rings. The lowest BCUT2D eigenvalue weighted by Crippen LogP contribution is -2.25. The summed E-state index contributed by atoms with van der Waals surface area (Å²) in [5.74, 6) is 0.852. The number of carbonyl (C=O) groups is 2. The van der Waals surface area contributed by atoms with E-state index in [0.717, 1.165) is 36.2 Å². The van der Waals surface area contributed by atoms with Crippen molar-refractivity contribution in [2.45, 2.75) is 30.9 Å². The molecule has 1 fully saturated rings. The second-order valence-corrected chi connectivity index (χ2v) is 6.88. The maximum absolute atomic E-state index is 12.6. The zero-order chi connectivity index (χ0) is 14.9. The zero-order valence-corrected chi connectivity index (χ0v) is 12.8. The average molecular weight is 302 g/mol. The van der Waals surface area contributed by atoms with Crippen LogP contribution in [0.15, 0.2) is 35.2 Å². The maximum Gasteiger partial charge on any atom is 0.176 e. The van der Waals surface area contributed by atoms with E-state index in [4.69, 9.17) is 4.74 Å². The van der Waals surface area contributed by atoms with Crippen molar-refractivity contribution in [2.24, 2.45) is 5.41 Å². The number of hydrogen-bond acceptors (Lipinski definition) is 4. The van der Waals surface area contributed by atoms with Crippen LogP contribution in [0.25, 0.3) is 0 Å². The first kappa shape index (κ1) is 14.4. The van der Waals surface area contributed by atoms with E-state index in [-0.39, 0.29) is 11.0 Å². The Morgan fingerprint density at radius 2 is 2.14 bits per heavy atom. The van der Waals surface area contributed by atoms with Gasteiger partial charge in [0.1, 0.15) is 12.0 Å². The molecule has 0 bridgehead atoms. The molecule has 0 spiro atoms. The molecule has 2 atom stereocenters. The number of thioether (sulfide) groups is 1. The summed E-state index contributed by atoms with van der Waals surface area (Å²) in [6.45, 7) is 0. The lowest BCUT2D eigenvalue weighted by molar-refractivity contribution is -0.114. The highest BCUT2D eigenvalue weighted by Gasteiger charge is 2.47. The first-order valence-corrected chi connectivity index (χ1v) is 8.08. The molecule has 3 nitrogen and oxygen atoms in total. The van der Waals surface area contributed by atoms with E-state index in [1.54, 1.807) is 43.1 Å². The molecule has 0 saturated carbocycles. The monoisotopic (exact) mass is 302 g/mol. The summed E-state index contributed by atoms with van der Waals surface area (Å²) in [5.41, 5.74) is 0.295. The molecule has 1 aromatic rings. The SMILES string of the molecule is COc1ccc(C(=O)C2CC3(C=O)CCCC=C3S2)cc1. The van der Waals surface area contributed by atoms with Gasteiger partial charge in [0.25, 0.3) is 0 Å². The second kappa shape index (κ2) is 5.68. The number of allylic oxidation sites excluding steroid dienone is 2. The fourth-order valence-corrected chi connectivity index (χ4v) is 4.74. The second-order valence-electron chi connectivity index (χ2n) is 5.64. The minimum Gasteiger partial charge on any atom is -0.497 e. The number of rotatable bonds is 4. The molecule has 110 valence electrons. The number of ether oxygens (including phenoxy) is 1. The molecule has 1 aliphatic carbocycles. The number of Topliss-reactive ketones (excluding diaryl/α,β-unsaturated/α-hetero) is 1. The fraction of sp³-hybridized carbons (Fsp3) is 0.412. The Kier molecular flexibility index (Phi) is 3.89. The van der Waals surface area contributed by atoms with E-state index < -0.39 is 5.41 Å². The first-order chi connectivity index (χ1) is 10.2. The predicted molar refractivity (Wildman–Crippen MR) is 83.8 cm³/mol. The molecule has 0 amide bonds. The van der Waals surface area contributed by atoms with Gasteiger partial charge in [0.05, 0.1) is 17.8 Å². The van der Waals surface area contributed by atoms with Gasteiger partial charge in [-0.05, 0) is 54.9 Å². The van der Waals surface area contributed by atoms with Crippen molar-refractivity contribution >= 4 is 23.8 Å². The number of ketones is 1. The third kappa shape index (κ3) is 2.53. The topological polar surface area (TPSA) is 43.4 Å². The highest BCUT2D eigenvalue weighted by atomic mass is 32.2. The maximum atomic E-state index is 12.6. The zero-order valence-electron chi connectivity index (χ0n) is 12.0. The molecule has 0 radical (unpaired) electrons. The van der Waals surface area contributed by atoms with Gasteiger partial charge in [0.2, 0.25) is 0 Å². The number of fused-ring (bicyclic) bond motifs is 1. The molecule has 3 rings (SSSR count). The fourth-order valence-electron chi connectivity index (χ4n) is 3.12. The van der Waals surface area contributed by atoms with Gasteiger partial charge in [-0.3, -0.25) is 4.79 Å². The smallest absolute Gasteiger partial charge is 0.176 e. The molecule has 0 N–H and O–H groups in total. The van der Waals surface area contributed by atoms with Gasteiger partial charge in [-0.1, -0.05) is 6.08 Å². The molecule has 0 aromatic heterocycles. The molecule has 4 heteroatoms. The van der Waals surface area contributed by atoms with Gasteiger partial charge < -0.3 is 9.53 Å². The minimum atomic E-state index is -0.393. The van der Waals surface area contributed by atoms with Crippen molar-refractivity contribution in [3.05, 3.63) is 40.8 Å². The van der Waals surface area contributed by atoms with Crippen LogP contribution in [0.1, 0.15) is 36.0 Å². The summed E-state index contributed by atoms with van der Waals surface area (Å²) < 4.78 is 5.11. The Balaban J connectivity index is 1.81. The normalized spacial score (nSPS) is 27.7. The number of carbonyl (C=O) groups excluding carboxylic acids is 2. The molecule has 1 heterocycles. The number of benzene rings is 1. The van der Waals surface area contributed by atoms with E-state index in [2.05, 4.69) is 6.08 Å². The standard InChI is InChI=1S/C17H18O3S/c1-20-13-7-5-12(6-8-13)16(19)14-10-17(11-18)9-3-2-4-15(17)21-14/h4-8,11,14H,2-3,9-10H2,1H3. The lowest BCUT2D eigenvalue weighted by Gasteiger charge is -2.26. The largest absolute Gasteiger partial charge is 0.497 e. The van der Waals surface area contributed by atoms with Gasteiger partial charge in [-0.15, -0.1) is 11.8 Å². The Hall–Kier alpha value is -1.55. The van der Waals surface area contributed by atoms with Gasteiger partial charge in [0.15, 0.2) is 5.78 Å². The van der Waals surface area contributed by atoms with Crippen molar-refractivity contribution in [3.8, 4) is 5.75 Å². The van der Waals surface area contributed by atoms with Gasteiger partial charge in [-0.25, -0.2) is 0 Å². The summed E-state index contributed by atoms with van der Waals surface area (Å²) in [6.07, 6.45) is 6.77. The Morgan fingerprint density at radius 1 is 1.38 bits per heavy atom. The van der Waals surface area contributed by atoms with Gasteiger partial charge in [0, 0.05) is 5.56 Å². The first-order valence-electron chi connectivity index (χ1n) is 7.20. The molecule has 21 heavy (non-hydrogen) atoms. The van der Waals surface area contributed by atoms with Crippen LogP contribution in [0.5, 0.6) is 5.75 Å². The molecule has 1 saturated heterocycles. The summed E-state index contributed by atoms with van der Waals surface area (Å²) >= 11 is 1.58. The van der Waals surface area contributed by atoms with Gasteiger partial charge in [-0.2, -0.15) is 0 Å². The van der Waals surface area contributed by atoms with E-state index >= 15 is 0 Å². The van der Waals surface area contributed by atoms with E-state index in [1.165, 1.54) is 0 Å². The minimum absolute atomic E-state index is 0.110. The number of hydrogen-bond donors (Lipinski definition) is 0. The van der Waals surface area contributed by atoms with Crippen LogP contribution in [0.3, 0.4) is 0 Å².